The van der Waals surface area contributed by atoms with Crippen molar-refractivity contribution in [1.82, 2.24) is 0 Å². The topological polar surface area (TPSA) is 29.3 Å². The molecule has 132 valence electrons. The second-order valence-electron chi connectivity index (χ2n) is 6.09. The van der Waals surface area contributed by atoms with Gasteiger partial charge in [-0.2, -0.15) is 0 Å². The molecule has 0 aromatic heterocycles. The van der Waals surface area contributed by atoms with Crippen molar-refractivity contribution in [3.63, 3.8) is 0 Å². The van der Waals surface area contributed by atoms with Gasteiger partial charge in [0, 0.05) is 10.6 Å². The van der Waals surface area contributed by atoms with Crippen LogP contribution in [-0.4, -0.2) is 45.5 Å². The molecule has 0 bridgehead atoms. The molecule has 1 saturated heterocycles. The Bertz CT molecular complexity index is 728. The van der Waals surface area contributed by atoms with E-state index >= 15 is 0 Å². The Kier molecular flexibility index (Phi) is 5.89. The van der Waals surface area contributed by atoms with Crippen LogP contribution in [0.3, 0.4) is 0 Å². The number of nitrogens with one attached hydrogen (secondary N) is 1. The lowest BCUT2D eigenvalue weighted by Crippen LogP contribution is -3.15. The van der Waals surface area contributed by atoms with Gasteiger partial charge >= 0.3 is 0 Å². The van der Waals surface area contributed by atoms with Crippen LogP contribution in [0.5, 0.6) is 0 Å². The maximum atomic E-state index is 13.9. The number of benzene rings is 2. The minimum absolute atomic E-state index is 0.159. The van der Waals surface area contributed by atoms with Crippen LogP contribution in [0.1, 0.15) is 5.56 Å². The lowest BCUT2D eigenvalue weighted by molar-refractivity contribution is -0.891. The van der Waals surface area contributed by atoms with E-state index in [0.29, 0.717) is 10.7 Å². The second-order valence-corrected chi connectivity index (χ2v) is 6.53. The highest BCUT2D eigenvalue weighted by Gasteiger charge is 2.23. The molecule has 0 unspecified atom stereocenters. The summed E-state index contributed by atoms with van der Waals surface area (Å²) in [6, 6.07) is 14.6. The zero-order chi connectivity index (χ0) is 17.6. The molecule has 4 nitrogen and oxygen atoms in total. The number of piperazine rings is 1. The first-order valence-electron chi connectivity index (χ1n) is 8.36. The zero-order valence-electron chi connectivity index (χ0n) is 14.2. The van der Waals surface area contributed by atoms with Gasteiger partial charge in [0.2, 0.25) is 0 Å². The van der Waals surface area contributed by atoms with E-state index in [2.05, 4.69) is 10.1 Å². The molecule has 0 radical (unpaired) electrons. The van der Waals surface area contributed by atoms with Crippen LogP contribution < -0.4 is 9.80 Å². The first-order valence-corrected chi connectivity index (χ1v) is 8.74. The minimum Gasteiger partial charge on any atom is -0.399 e. The number of quaternary nitrogens is 1. The van der Waals surface area contributed by atoms with E-state index in [1.54, 1.807) is 13.2 Å². The first kappa shape index (κ1) is 17.7. The van der Waals surface area contributed by atoms with E-state index in [4.69, 9.17) is 16.4 Å². The molecule has 6 heteroatoms. The maximum Gasteiger partial charge on any atom is 0.146 e. The van der Waals surface area contributed by atoms with Gasteiger partial charge in [-0.25, -0.2) is 4.39 Å². The number of nitrogens with zero attached hydrogens (tertiary/aromatic N) is 2. The third kappa shape index (κ3) is 4.50. The molecule has 0 spiro atoms. The molecule has 0 aliphatic carbocycles. The molecule has 1 heterocycles. The van der Waals surface area contributed by atoms with Gasteiger partial charge in [0.25, 0.3) is 0 Å². The van der Waals surface area contributed by atoms with E-state index in [1.165, 1.54) is 11.0 Å². The number of rotatable bonds is 5. The van der Waals surface area contributed by atoms with Crippen molar-refractivity contribution in [3.8, 4) is 0 Å². The maximum absolute atomic E-state index is 13.9. The Labute approximate surface area is 152 Å². The molecule has 0 amide bonds. The van der Waals surface area contributed by atoms with Crippen LogP contribution in [0.25, 0.3) is 0 Å². The molecular weight excluding hydrogens is 341 g/mol. The van der Waals surface area contributed by atoms with Gasteiger partial charge in [0.1, 0.15) is 25.2 Å². The van der Waals surface area contributed by atoms with E-state index in [9.17, 15) is 4.39 Å². The SMILES string of the molecule is CO/N=C(\C[NH+]1CCN(c2ccccc2F)CC1)c1ccc(Cl)cc1. The molecule has 1 fully saturated rings. The molecular formula is C19H22ClFN3O+. The normalized spacial score (nSPS) is 16.1. The Morgan fingerprint density at radius 2 is 1.84 bits per heavy atom. The summed E-state index contributed by atoms with van der Waals surface area (Å²) in [5, 5.41) is 4.89. The average Bonchev–Trinajstić information content (AvgIpc) is 2.63. The number of halogens is 2. The van der Waals surface area contributed by atoms with Gasteiger partial charge < -0.3 is 14.6 Å². The Morgan fingerprint density at radius 3 is 2.48 bits per heavy atom. The van der Waals surface area contributed by atoms with Gasteiger partial charge in [-0.15, -0.1) is 0 Å². The van der Waals surface area contributed by atoms with Gasteiger partial charge in [-0.1, -0.05) is 41.0 Å². The van der Waals surface area contributed by atoms with Crippen LogP contribution in [0, 0.1) is 5.82 Å². The van der Waals surface area contributed by atoms with Crippen molar-refractivity contribution in [2.24, 2.45) is 5.16 Å². The van der Waals surface area contributed by atoms with Crippen LogP contribution in [-0.2, 0) is 4.84 Å². The summed E-state index contributed by atoms with van der Waals surface area (Å²) < 4.78 is 13.9. The summed E-state index contributed by atoms with van der Waals surface area (Å²) >= 11 is 5.96. The Morgan fingerprint density at radius 1 is 1.16 bits per heavy atom. The van der Waals surface area contributed by atoms with E-state index in [0.717, 1.165) is 44.0 Å². The van der Waals surface area contributed by atoms with E-state index < -0.39 is 0 Å². The fraction of sp³-hybridized carbons (Fsp3) is 0.316. The number of hydrogen-bond acceptors (Lipinski definition) is 3. The summed E-state index contributed by atoms with van der Waals surface area (Å²) in [4.78, 5) is 8.52. The summed E-state index contributed by atoms with van der Waals surface area (Å²) in [6.07, 6.45) is 0. The Balaban J connectivity index is 1.63. The van der Waals surface area contributed by atoms with Gasteiger partial charge in [0.15, 0.2) is 0 Å². The molecule has 2 aromatic carbocycles. The van der Waals surface area contributed by atoms with Crippen molar-refractivity contribution >= 4 is 23.0 Å². The number of hydrogen-bond donors (Lipinski definition) is 1. The molecule has 1 aliphatic heterocycles. The summed E-state index contributed by atoms with van der Waals surface area (Å²) in [5.41, 5.74) is 2.59. The summed E-state index contributed by atoms with van der Waals surface area (Å²) in [5.74, 6) is -0.159. The third-order valence-corrected chi connectivity index (χ3v) is 4.71. The highest BCUT2D eigenvalue weighted by Crippen LogP contribution is 2.18. The Hall–Kier alpha value is -2.11. The molecule has 25 heavy (non-hydrogen) atoms. The fourth-order valence-electron chi connectivity index (χ4n) is 3.13. The molecule has 1 aliphatic rings. The predicted molar refractivity (Wildman–Crippen MR) is 99.2 cm³/mol. The quantitative estimate of drug-likeness (QED) is 0.653. The third-order valence-electron chi connectivity index (χ3n) is 4.46. The summed E-state index contributed by atoms with van der Waals surface area (Å²) in [6.45, 7) is 4.24. The summed E-state index contributed by atoms with van der Waals surface area (Å²) in [7, 11) is 1.56. The minimum atomic E-state index is -0.159. The average molecular weight is 363 g/mol. The predicted octanol–water partition coefficient (Wildman–Crippen LogP) is 2.23. The van der Waals surface area contributed by atoms with Crippen LogP contribution >= 0.6 is 11.6 Å². The highest BCUT2D eigenvalue weighted by atomic mass is 35.5. The molecule has 1 N–H and O–H groups in total. The lowest BCUT2D eigenvalue weighted by atomic mass is 10.1. The second kappa shape index (κ2) is 8.32. The van der Waals surface area contributed by atoms with Crippen molar-refractivity contribution in [1.29, 1.82) is 0 Å². The lowest BCUT2D eigenvalue weighted by Gasteiger charge is -2.33. The van der Waals surface area contributed by atoms with E-state index in [1.807, 2.05) is 36.4 Å². The van der Waals surface area contributed by atoms with Crippen molar-refractivity contribution in [2.45, 2.75) is 0 Å². The number of para-hydroxylation sites is 1. The zero-order valence-corrected chi connectivity index (χ0v) is 15.0. The smallest absolute Gasteiger partial charge is 0.146 e. The van der Waals surface area contributed by atoms with Crippen LogP contribution in [0.2, 0.25) is 5.02 Å². The highest BCUT2D eigenvalue weighted by molar-refractivity contribution is 6.30. The molecule has 2 aromatic rings. The van der Waals surface area contributed by atoms with Crippen molar-refractivity contribution in [2.75, 3.05) is 44.7 Å². The largest absolute Gasteiger partial charge is 0.399 e. The molecule has 0 saturated carbocycles. The van der Waals surface area contributed by atoms with E-state index in [-0.39, 0.29) is 5.82 Å². The van der Waals surface area contributed by atoms with Crippen molar-refractivity contribution in [3.05, 3.63) is 64.9 Å². The van der Waals surface area contributed by atoms with Gasteiger partial charge in [-0.3, -0.25) is 0 Å². The van der Waals surface area contributed by atoms with Crippen LogP contribution in [0.15, 0.2) is 53.7 Å². The standard InChI is InChI=1S/C19H21ClFN3O/c1-25-22-18(15-6-8-16(20)9-7-15)14-23-10-12-24(13-11-23)19-5-3-2-4-17(19)21/h2-9H,10-14H2,1H3/p+1/b22-18+. The van der Waals surface area contributed by atoms with Crippen LogP contribution in [0.4, 0.5) is 10.1 Å². The van der Waals surface area contributed by atoms with Crippen molar-refractivity contribution < 1.29 is 14.1 Å². The van der Waals surface area contributed by atoms with Gasteiger partial charge in [-0.05, 0) is 24.3 Å². The van der Waals surface area contributed by atoms with Gasteiger partial charge in [0.05, 0.1) is 31.9 Å². The number of oxime groups is 1. The molecule has 3 rings (SSSR count). The monoisotopic (exact) mass is 362 g/mol. The first-order chi connectivity index (χ1) is 12.2. The fourth-order valence-corrected chi connectivity index (χ4v) is 3.25. The molecule has 0 atom stereocenters. The number of anilines is 1.